The van der Waals surface area contributed by atoms with Crippen molar-refractivity contribution in [3.8, 4) is 0 Å². The first-order valence-electron chi connectivity index (χ1n) is 6.64. The van der Waals surface area contributed by atoms with Gasteiger partial charge in [-0.2, -0.15) is 0 Å². The van der Waals surface area contributed by atoms with Gasteiger partial charge in [-0.1, -0.05) is 0 Å². The number of hydrogen-bond donors (Lipinski definition) is 2. The maximum atomic E-state index is 12.4. The molecule has 0 aliphatic carbocycles. The van der Waals surface area contributed by atoms with Crippen LogP contribution in [0, 0.1) is 0 Å². The number of carboxylic acid groups (broad SMARTS) is 1. The second-order valence-corrected chi connectivity index (χ2v) is 5.32. The Labute approximate surface area is 112 Å². The fraction of sp³-hybridized carbons (Fsp3) is 0.833. The summed E-state index contributed by atoms with van der Waals surface area (Å²) in [6.45, 7) is 3.09. The molecule has 0 unspecified atom stereocenters. The number of carbonyl (C=O) groups is 2. The van der Waals surface area contributed by atoms with Crippen LogP contribution in [0.15, 0.2) is 0 Å². The molecule has 0 saturated carbocycles. The van der Waals surface area contributed by atoms with Crippen LogP contribution in [0.4, 0.5) is 4.79 Å². The summed E-state index contributed by atoms with van der Waals surface area (Å²) >= 11 is 0. The number of hydrogen-bond acceptors (Lipinski definition) is 4. The number of likely N-dealkylation sites (N-methyl/N-ethyl adjacent to an activating group) is 1. The van der Waals surface area contributed by atoms with Gasteiger partial charge >= 0.3 is 12.0 Å². The molecule has 0 radical (unpaired) electrons. The number of carbonyl (C=O) groups excluding carboxylic acids is 1. The van der Waals surface area contributed by atoms with E-state index in [4.69, 9.17) is 5.11 Å². The summed E-state index contributed by atoms with van der Waals surface area (Å²) < 4.78 is 0. The Morgan fingerprint density at radius 3 is 2.58 bits per heavy atom. The molecule has 7 nitrogen and oxygen atoms in total. The van der Waals surface area contributed by atoms with Gasteiger partial charge in [0.1, 0.15) is 6.04 Å². The highest BCUT2D eigenvalue weighted by molar-refractivity contribution is 5.83. The zero-order chi connectivity index (χ0) is 14.0. The summed E-state index contributed by atoms with van der Waals surface area (Å²) in [4.78, 5) is 28.6. The van der Waals surface area contributed by atoms with Crippen molar-refractivity contribution in [1.82, 2.24) is 14.7 Å². The molecule has 2 saturated heterocycles. The summed E-state index contributed by atoms with van der Waals surface area (Å²) in [5, 5.41) is 18.7. The normalized spacial score (nSPS) is 29.4. The van der Waals surface area contributed by atoms with Crippen LogP contribution in [-0.4, -0.2) is 88.8 Å². The lowest BCUT2D eigenvalue weighted by Gasteiger charge is -2.29. The molecular weight excluding hydrogens is 250 g/mol. The highest BCUT2D eigenvalue weighted by Crippen LogP contribution is 2.20. The van der Waals surface area contributed by atoms with Gasteiger partial charge in [0.25, 0.3) is 0 Å². The second-order valence-electron chi connectivity index (χ2n) is 5.32. The van der Waals surface area contributed by atoms with E-state index in [0.717, 1.165) is 19.5 Å². The minimum absolute atomic E-state index is 0.113. The number of carboxylic acids is 1. The van der Waals surface area contributed by atoms with Crippen LogP contribution in [0.2, 0.25) is 0 Å². The maximum Gasteiger partial charge on any atom is 0.326 e. The Morgan fingerprint density at radius 1 is 1.16 bits per heavy atom. The molecule has 2 rings (SSSR count). The summed E-state index contributed by atoms with van der Waals surface area (Å²) in [7, 11) is 2.01. The Kier molecular flexibility index (Phi) is 4.26. The van der Waals surface area contributed by atoms with E-state index in [1.165, 1.54) is 4.90 Å². The number of aliphatic hydroxyl groups is 1. The first-order valence-corrected chi connectivity index (χ1v) is 6.64. The number of amides is 2. The lowest BCUT2D eigenvalue weighted by atomic mass is 10.2. The third kappa shape index (κ3) is 3.16. The summed E-state index contributed by atoms with van der Waals surface area (Å²) in [6, 6.07) is -1.16. The first kappa shape index (κ1) is 14.1. The predicted octanol–water partition coefficient (Wildman–Crippen LogP) is -0.736. The Balaban J connectivity index is 2.03. The average molecular weight is 271 g/mol. The summed E-state index contributed by atoms with van der Waals surface area (Å²) in [5.41, 5.74) is 0. The first-order chi connectivity index (χ1) is 8.99. The van der Waals surface area contributed by atoms with Crippen LogP contribution in [0.1, 0.15) is 12.8 Å². The predicted molar refractivity (Wildman–Crippen MR) is 67.8 cm³/mol. The fourth-order valence-electron chi connectivity index (χ4n) is 2.68. The molecule has 0 aromatic heterocycles. The number of β-amino-alcohol motifs (C(OH)–C–C–N with tert-alkyl or cyclic N) is 1. The van der Waals surface area contributed by atoms with Gasteiger partial charge < -0.3 is 24.9 Å². The Morgan fingerprint density at radius 2 is 1.89 bits per heavy atom. The fourth-order valence-corrected chi connectivity index (χ4v) is 2.68. The third-order valence-corrected chi connectivity index (χ3v) is 3.80. The average Bonchev–Trinajstić information content (AvgIpc) is 2.61. The van der Waals surface area contributed by atoms with Gasteiger partial charge in [-0.25, -0.2) is 9.59 Å². The van der Waals surface area contributed by atoms with Crippen LogP contribution >= 0.6 is 0 Å². The van der Waals surface area contributed by atoms with Crippen LogP contribution in [-0.2, 0) is 4.79 Å². The minimum atomic E-state index is -1.04. The molecule has 0 aromatic rings. The number of rotatable bonds is 1. The van der Waals surface area contributed by atoms with E-state index in [1.807, 2.05) is 7.05 Å². The largest absolute Gasteiger partial charge is 0.480 e. The molecule has 2 amide bonds. The molecule has 108 valence electrons. The van der Waals surface area contributed by atoms with Crippen molar-refractivity contribution in [2.45, 2.75) is 25.0 Å². The van der Waals surface area contributed by atoms with Gasteiger partial charge in [-0.05, 0) is 20.0 Å². The van der Waals surface area contributed by atoms with Crippen molar-refractivity contribution < 1.29 is 19.8 Å². The summed E-state index contributed by atoms with van der Waals surface area (Å²) in [6.07, 6.45) is 0.269. The van der Waals surface area contributed by atoms with Crippen molar-refractivity contribution in [3.63, 3.8) is 0 Å². The molecule has 7 heteroatoms. The van der Waals surface area contributed by atoms with Crippen molar-refractivity contribution in [3.05, 3.63) is 0 Å². The van der Waals surface area contributed by atoms with Gasteiger partial charge in [-0.15, -0.1) is 0 Å². The number of urea groups is 1. The molecule has 0 spiro atoms. The molecule has 0 aromatic carbocycles. The standard InChI is InChI=1S/C12H21N3O4/c1-13-3-2-4-14(6-5-13)12(19)15-8-9(16)7-10(15)11(17)18/h9-10,16H,2-8H2,1H3,(H,17,18)/t9-,10+/m1/s1. The second kappa shape index (κ2) is 5.75. The molecule has 2 aliphatic rings. The van der Waals surface area contributed by atoms with Crippen LogP contribution in [0.3, 0.4) is 0 Å². The van der Waals surface area contributed by atoms with Crippen molar-refractivity contribution in [2.24, 2.45) is 0 Å². The Bertz CT molecular complexity index is 363. The van der Waals surface area contributed by atoms with Gasteiger partial charge in [0.2, 0.25) is 0 Å². The lowest BCUT2D eigenvalue weighted by molar-refractivity contribution is -0.141. The van der Waals surface area contributed by atoms with E-state index in [2.05, 4.69) is 4.90 Å². The van der Waals surface area contributed by atoms with Gasteiger partial charge in [0.05, 0.1) is 6.10 Å². The topological polar surface area (TPSA) is 84.3 Å². The zero-order valence-corrected chi connectivity index (χ0v) is 11.2. The maximum absolute atomic E-state index is 12.4. The number of nitrogens with zero attached hydrogens (tertiary/aromatic N) is 3. The van der Waals surface area contributed by atoms with E-state index < -0.39 is 18.1 Å². The van der Waals surface area contributed by atoms with E-state index in [-0.39, 0.29) is 19.0 Å². The van der Waals surface area contributed by atoms with Crippen molar-refractivity contribution >= 4 is 12.0 Å². The van der Waals surface area contributed by atoms with E-state index in [0.29, 0.717) is 13.1 Å². The number of aliphatic hydroxyl groups excluding tert-OH is 1. The monoisotopic (exact) mass is 271 g/mol. The van der Waals surface area contributed by atoms with Crippen molar-refractivity contribution in [1.29, 1.82) is 0 Å². The SMILES string of the molecule is CN1CCCN(C(=O)N2C[C@H](O)C[C@H]2C(=O)O)CC1. The molecule has 0 bridgehead atoms. The highest BCUT2D eigenvalue weighted by Gasteiger charge is 2.40. The van der Waals surface area contributed by atoms with Crippen LogP contribution < -0.4 is 0 Å². The minimum Gasteiger partial charge on any atom is -0.480 e. The van der Waals surface area contributed by atoms with Crippen LogP contribution in [0.5, 0.6) is 0 Å². The molecular formula is C12H21N3O4. The van der Waals surface area contributed by atoms with Crippen LogP contribution in [0.25, 0.3) is 0 Å². The van der Waals surface area contributed by atoms with E-state index >= 15 is 0 Å². The van der Waals surface area contributed by atoms with Gasteiger partial charge in [0.15, 0.2) is 0 Å². The smallest absolute Gasteiger partial charge is 0.326 e. The molecule has 19 heavy (non-hydrogen) atoms. The lowest BCUT2D eigenvalue weighted by Crippen LogP contribution is -2.49. The molecule has 2 atom stereocenters. The molecule has 2 aliphatic heterocycles. The summed E-state index contributed by atoms with van der Waals surface area (Å²) in [5.74, 6) is -1.04. The zero-order valence-electron chi connectivity index (χ0n) is 11.2. The van der Waals surface area contributed by atoms with Crippen molar-refractivity contribution in [2.75, 3.05) is 39.8 Å². The number of likely N-dealkylation sites (tertiary alicyclic amines) is 1. The van der Waals surface area contributed by atoms with Gasteiger partial charge in [0, 0.05) is 32.6 Å². The van der Waals surface area contributed by atoms with E-state index in [9.17, 15) is 14.7 Å². The number of aliphatic carboxylic acids is 1. The molecule has 2 heterocycles. The van der Waals surface area contributed by atoms with E-state index in [1.54, 1.807) is 4.90 Å². The Hall–Kier alpha value is -1.34. The molecule has 2 N–H and O–H groups in total. The highest BCUT2D eigenvalue weighted by atomic mass is 16.4. The third-order valence-electron chi connectivity index (χ3n) is 3.80. The molecule has 2 fully saturated rings. The quantitative estimate of drug-likeness (QED) is 0.656. The van der Waals surface area contributed by atoms with Gasteiger partial charge in [-0.3, -0.25) is 0 Å².